The van der Waals surface area contributed by atoms with E-state index in [0.29, 0.717) is 24.1 Å². The Bertz CT molecular complexity index is 996. The highest BCUT2D eigenvalue weighted by Crippen LogP contribution is 2.26. The Balaban J connectivity index is 1.57. The summed E-state index contributed by atoms with van der Waals surface area (Å²) in [7, 11) is 0. The molecule has 0 radical (unpaired) electrons. The van der Waals surface area contributed by atoms with Crippen LogP contribution in [0.3, 0.4) is 0 Å². The van der Waals surface area contributed by atoms with Gasteiger partial charge in [0.05, 0.1) is 23.4 Å². The average Bonchev–Trinajstić information content (AvgIpc) is 3.14. The van der Waals surface area contributed by atoms with E-state index in [9.17, 15) is 9.59 Å². The second-order valence-corrected chi connectivity index (χ2v) is 6.57. The van der Waals surface area contributed by atoms with Gasteiger partial charge >= 0.3 is 0 Å². The third-order valence-corrected chi connectivity index (χ3v) is 4.78. The highest BCUT2D eigenvalue weighted by molar-refractivity contribution is 6.10. The van der Waals surface area contributed by atoms with Gasteiger partial charge in [0.15, 0.2) is 5.78 Å². The Morgan fingerprint density at radius 1 is 1.32 bits per heavy atom. The predicted octanol–water partition coefficient (Wildman–Crippen LogP) is 2.73. The molecule has 128 valence electrons. The largest absolute Gasteiger partial charge is 0.361 e. The second-order valence-electron chi connectivity index (χ2n) is 6.57. The number of amides is 1. The first kappa shape index (κ1) is 15.6. The summed E-state index contributed by atoms with van der Waals surface area (Å²) < 4.78 is 1.99. The standard InChI is InChI=1S/C19H20N4O2/c1-11-5-3-8-16-22-13(10-23(11)16)9-20-19(25)17-12(2)21-14-6-4-7-15(24)18(14)17/h3,5,8,10,21H,4,6-7,9H2,1-2H3,(H,20,25). The van der Waals surface area contributed by atoms with Gasteiger partial charge < -0.3 is 14.7 Å². The average molecular weight is 336 g/mol. The molecule has 0 aliphatic heterocycles. The van der Waals surface area contributed by atoms with Crippen molar-refractivity contribution < 1.29 is 9.59 Å². The number of rotatable bonds is 3. The highest BCUT2D eigenvalue weighted by atomic mass is 16.2. The number of nitrogens with one attached hydrogen (secondary N) is 2. The molecule has 1 aliphatic carbocycles. The third kappa shape index (κ3) is 2.63. The summed E-state index contributed by atoms with van der Waals surface area (Å²) in [6, 6.07) is 5.91. The molecule has 3 aromatic heterocycles. The van der Waals surface area contributed by atoms with Gasteiger partial charge in [-0.2, -0.15) is 0 Å². The van der Waals surface area contributed by atoms with E-state index < -0.39 is 0 Å². The number of nitrogens with zero attached hydrogens (tertiary/aromatic N) is 2. The van der Waals surface area contributed by atoms with Crippen molar-refractivity contribution in [3.8, 4) is 0 Å². The number of carbonyl (C=O) groups is 2. The lowest BCUT2D eigenvalue weighted by Gasteiger charge is -2.11. The molecule has 3 aromatic rings. The summed E-state index contributed by atoms with van der Waals surface area (Å²) in [6.45, 7) is 4.18. The van der Waals surface area contributed by atoms with E-state index in [2.05, 4.69) is 15.3 Å². The smallest absolute Gasteiger partial charge is 0.254 e. The van der Waals surface area contributed by atoms with Crippen LogP contribution in [-0.2, 0) is 13.0 Å². The normalized spacial score (nSPS) is 13.9. The van der Waals surface area contributed by atoms with Gasteiger partial charge in [0, 0.05) is 29.7 Å². The van der Waals surface area contributed by atoms with Crippen molar-refractivity contribution in [1.29, 1.82) is 0 Å². The van der Waals surface area contributed by atoms with E-state index in [1.165, 1.54) is 0 Å². The summed E-state index contributed by atoms with van der Waals surface area (Å²) in [6.07, 6.45) is 4.10. The van der Waals surface area contributed by atoms with Gasteiger partial charge in [0.1, 0.15) is 5.65 Å². The van der Waals surface area contributed by atoms with Crippen molar-refractivity contribution in [2.75, 3.05) is 0 Å². The van der Waals surface area contributed by atoms with Crippen LogP contribution >= 0.6 is 0 Å². The van der Waals surface area contributed by atoms with Crippen molar-refractivity contribution in [3.05, 3.63) is 58.3 Å². The maximum absolute atomic E-state index is 12.7. The number of Topliss-reactive ketones (excluding diaryl/α,β-unsaturated/α-hetero) is 1. The maximum atomic E-state index is 12.7. The van der Waals surface area contributed by atoms with Gasteiger partial charge in [-0.3, -0.25) is 9.59 Å². The van der Waals surface area contributed by atoms with Crippen molar-refractivity contribution in [2.45, 2.75) is 39.7 Å². The summed E-state index contributed by atoms with van der Waals surface area (Å²) >= 11 is 0. The molecule has 6 nitrogen and oxygen atoms in total. The molecule has 0 saturated heterocycles. The van der Waals surface area contributed by atoms with Gasteiger partial charge in [0.25, 0.3) is 5.91 Å². The van der Waals surface area contributed by atoms with Crippen molar-refractivity contribution in [2.24, 2.45) is 0 Å². The number of ketones is 1. The first-order valence-corrected chi connectivity index (χ1v) is 8.51. The molecule has 0 fully saturated rings. The van der Waals surface area contributed by atoms with Crippen LogP contribution in [0.15, 0.2) is 24.4 Å². The van der Waals surface area contributed by atoms with Gasteiger partial charge in [-0.25, -0.2) is 4.98 Å². The van der Waals surface area contributed by atoms with Crippen LogP contribution in [0.5, 0.6) is 0 Å². The molecule has 25 heavy (non-hydrogen) atoms. The van der Waals surface area contributed by atoms with Crippen LogP contribution in [0.4, 0.5) is 0 Å². The summed E-state index contributed by atoms with van der Waals surface area (Å²) in [5, 5.41) is 2.91. The molecule has 6 heteroatoms. The van der Waals surface area contributed by atoms with Crippen molar-refractivity contribution >= 4 is 17.3 Å². The van der Waals surface area contributed by atoms with E-state index in [-0.39, 0.29) is 11.7 Å². The molecule has 0 atom stereocenters. The third-order valence-electron chi connectivity index (χ3n) is 4.78. The quantitative estimate of drug-likeness (QED) is 0.772. The van der Waals surface area contributed by atoms with E-state index in [1.807, 2.05) is 42.6 Å². The molecule has 1 amide bonds. The minimum absolute atomic E-state index is 0.0547. The minimum atomic E-state index is -0.223. The number of hydrogen-bond acceptors (Lipinski definition) is 3. The Morgan fingerprint density at radius 2 is 2.16 bits per heavy atom. The molecular weight excluding hydrogens is 316 g/mol. The Kier molecular flexibility index (Phi) is 3.67. The monoisotopic (exact) mass is 336 g/mol. The van der Waals surface area contributed by atoms with Crippen molar-refractivity contribution in [1.82, 2.24) is 19.7 Å². The van der Waals surface area contributed by atoms with Crippen LogP contribution in [0, 0.1) is 13.8 Å². The minimum Gasteiger partial charge on any atom is -0.361 e. The maximum Gasteiger partial charge on any atom is 0.254 e. The number of aryl methyl sites for hydroxylation is 3. The predicted molar refractivity (Wildman–Crippen MR) is 93.9 cm³/mol. The molecule has 0 unspecified atom stereocenters. The number of hydrogen-bond donors (Lipinski definition) is 2. The molecule has 3 heterocycles. The lowest BCUT2D eigenvalue weighted by Crippen LogP contribution is -2.26. The number of aromatic nitrogens is 3. The second kappa shape index (κ2) is 5.88. The number of carbonyl (C=O) groups excluding carboxylic acids is 2. The zero-order valence-corrected chi connectivity index (χ0v) is 14.3. The number of pyridine rings is 1. The highest BCUT2D eigenvalue weighted by Gasteiger charge is 2.28. The lowest BCUT2D eigenvalue weighted by molar-refractivity contribution is 0.0925. The lowest BCUT2D eigenvalue weighted by atomic mass is 9.93. The molecule has 0 saturated carbocycles. The fourth-order valence-electron chi connectivity index (χ4n) is 3.56. The summed E-state index contributed by atoms with van der Waals surface area (Å²) in [4.78, 5) is 32.6. The first-order valence-electron chi connectivity index (χ1n) is 8.51. The fourth-order valence-corrected chi connectivity index (χ4v) is 3.56. The molecular formula is C19H20N4O2. The van der Waals surface area contributed by atoms with E-state index >= 15 is 0 Å². The number of aromatic amines is 1. The van der Waals surface area contributed by atoms with Crippen molar-refractivity contribution in [3.63, 3.8) is 0 Å². The molecule has 2 N–H and O–H groups in total. The zero-order valence-electron chi connectivity index (χ0n) is 14.3. The van der Waals surface area contributed by atoms with Crippen LogP contribution in [-0.4, -0.2) is 26.1 Å². The fraction of sp³-hybridized carbons (Fsp3) is 0.316. The zero-order chi connectivity index (χ0) is 17.6. The van der Waals surface area contributed by atoms with Crippen LogP contribution in [0.2, 0.25) is 0 Å². The van der Waals surface area contributed by atoms with E-state index in [1.54, 1.807) is 0 Å². The van der Waals surface area contributed by atoms with Gasteiger partial charge in [-0.15, -0.1) is 0 Å². The molecule has 1 aliphatic rings. The molecule has 0 aromatic carbocycles. The first-order chi connectivity index (χ1) is 12.0. The number of H-pyrrole nitrogens is 1. The number of fused-ring (bicyclic) bond motifs is 2. The topological polar surface area (TPSA) is 79.3 Å². The summed E-state index contributed by atoms with van der Waals surface area (Å²) in [5.41, 5.74) is 5.44. The molecule has 4 rings (SSSR count). The Morgan fingerprint density at radius 3 is 2.96 bits per heavy atom. The number of imidazole rings is 1. The Labute approximate surface area is 145 Å². The Hall–Kier alpha value is -2.89. The van der Waals surface area contributed by atoms with E-state index in [4.69, 9.17) is 0 Å². The SMILES string of the molecule is Cc1[nH]c2c(c1C(=O)NCc1cn3c(C)cccc3n1)C(=O)CCC2. The van der Waals surface area contributed by atoms with Crippen LogP contribution in [0.1, 0.15) is 56.3 Å². The van der Waals surface area contributed by atoms with E-state index in [0.717, 1.165) is 41.3 Å². The summed E-state index contributed by atoms with van der Waals surface area (Å²) in [5.74, 6) is -0.168. The van der Waals surface area contributed by atoms with Gasteiger partial charge in [-0.1, -0.05) is 6.07 Å². The van der Waals surface area contributed by atoms with Crippen LogP contribution in [0.25, 0.3) is 5.65 Å². The molecule has 0 spiro atoms. The van der Waals surface area contributed by atoms with Crippen LogP contribution < -0.4 is 5.32 Å². The van der Waals surface area contributed by atoms with Gasteiger partial charge in [-0.05, 0) is 38.8 Å². The van der Waals surface area contributed by atoms with Gasteiger partial charge in [0.2, 0.25) is 0 Å². The molecule has 0 bridgehead atoms.